The van der Waals surface area contributed by atoms with E-state index < -0.39 is 107 Å². The number of aliphatic hydroxyl groups is 3. The highest BCUT2D eigenvalue weighted by Gasteiger charge is 2.64. The molecule has 0 aromatic heterocycles. The second kappa shape index (κ2) is 15.2. The summed E-state index contributed by atoms with van der Waals surface area (Å²) in [6, 6.07) is 0. The summed E-state index contributed by atoms with van der Waals surface area (Å²) in [5, 5.41) is 44.8. The van der Waals surface area contributed by atoms with Crippen molar-refractivity contribution >= 4 is 29.7 Å². The minimum atomic E-state index is -2.59. The summed E-state index contributed by atoms with van der Waals surface area (Å²) in [6.45, 7) is 19.6. The van der Waals surface area contributed by atoms with Crippen LogP contribution < -0.4 is 0 Å². The maximum absolute atomic E-state index is 14.2. The number of aliphatic hydroxyl groups excluding tert-OH is 1. The maximum atomic E-state index is 14.2. The van der Waals surface area contributed by atoms with Gasteiger partial charge in [0.05, 0.1) is 11.5 Å². The van der Waals surface area contributed by atoms with Gasteiger partial charge < -0.3 is 34.3 Å². The molecule has 4 N–H and O–H groups in total. The molecule has 14 heteroatoms. The van der Waals surface area contributed by atoms with Crippen LogP contribution in [-0.4, -0.2) is 98.1 Å². The molecule has 48 heavy (non-hydrogen) atoms. The van der Waals surface area contributed by atoms with Gasteiger partial charge in [-0.2, -0.15) is 0 Å². The van der Waals surface area contributed by atoms with Crippen LogP contribution in [0, 0.1) is 17.3 Å². The van der Waals surface area contributed by atoms with Crippen molar-refractivity contribution in [3.8, 4) is 0 Å². The Morgan fingerprint density at radius 1 is 0.958 bits per heavy atom. The van der Waals surface area contributed by atoms with Crippen LogP contribution >= 0.6 is 0 Å². The maximum Gasteiger partial charge on any atom is 0.336 e. The standard InChI is InChI=1S/C34H48O14/c1-12-16(2)29(38)47-27-24(37)19(5)26(44-21(7)35)23-25(46-30(39)18(4)20(6)48-43)17(3)15-34(23,42)31(40)33(11,41)14-13-32(9,10)28(27)45-22(8)36/h12-14,17,20,23-28,37,41-43H,4-5,15H2,1-3,6-11H3. The molecule has 2 rings (SSSR count). The fraction of sp³-hybridized carbons (Fsp3) is 0.618. The van der Waals surface area contributed by atoms with Crippen molar-refractivity contribution in [2.24, 2.45) is 17.3 Å². The molecule has 1 saturated carbocycles. The number of allylic oxidation sites excluding steroid dienone is 1. The molecule has 2 aliphatic carbocycles. The van der Waals surface area contributed by atoms with Crippen molar-refractivity contribution in [2.45, 2.75) is 117 Å². The Morgan fingerprint density at radius 3 is 2.00 bits per heavy atom. The molecule has 14 nitrogen and oxygen atoms in total. The van der Waals surface area contributed by atoms with E-state index in [-0.39, 0.29) is 11.1 Å². The minimum Gasteiger partial charge on any atom is -0.458 e. The highest BCUT2D eigenvalue weighted by molar-refractivity contribution is 5.97. The van der Waals surface area contributed by atoms with E-state index in [0.717, 1.165) is 26.8 Å². The number of esters is 4. The van der Waals surface area contributed by atoms with Crippen molar-refractivity contribution in [2.75, 3.05) is 0 Å². The third-order valence-corrected chi connectivity index (χ3v) is 8.94. The average molecular weight is 681 g/mol. The van der Waals surface area contributed by atoms with E-state index in [1.165, 1.54) is 46.8 Å². The normalized spacial score (nSPS) is 34.5. The number of ether oxygens (including phenoxy) is 4. The predicted octanol–water partition coefficient (Wildman–Crippen LogP) is 2.29. The van der Waals surface area contributed by atoms with E-state index in [1.54, 1.807) is 6.92 Å². The first-order chi connectivity index (χ1) is 22.0. The Balaban J connectivity index is 2.99. The van der Waals surface area contributed by atoms with Crippen LogP contribution in [0.2, 0.25) is 0 Å². The zero-order valence-corrected chi connectivity index (χ0v) is 28.8. The zero-order chi connectivity index (χ0) is 37.1. The van der Waals surface area contributed by atoms with Gasteiger partial charge in [-0.25, -0.2) is 14.5 Å². The number of hydrogen-bond acceptors (Lipinski definition) is 14. The van der Waals surface area contributed by atoms with Gasteiger partial charge in [-0.3, -0.25) is 19.6 Å². The summed E-state index contributed by atoms with van der Waals surface area (Å²) >= 11 is 0. The third kappa shape index (κ3) is 8.47. The predicted molar refractivity (Wildman–Crippen MR) is 169 cm³/mol. The molecule has 1 fully saturated rings. The van der Waals surface area contributed by atoms with Gasteiger partial charge in [0, 0.05) is 24.8 Å². The molecular formula is C34H48O14. The van der Waals surface area contributed by atoms with Crippen molar-refractivity contribution < 1.29 is 68.4 Å². The molecular weight excluding hydrogens is 632 g/mol. The van der Waals surface area contributed by atoms with Gasteiger partial charge in [-0.1, -0.05) is 46.1 Å². The van der Waals surface area contributed by atoms with Crippen LogP contribution in [0.4, 0.5) is 0 Å². The van der Waals surface area contributed by atoms with Gasteiger partial charge in [-0.15, -0.1) is 0 Å². The lowest BCUT2D eigenvalue weighted by Gasteiger charge is -2.44. The number of carbonyl (C=O) groups is 5. The van der Waals surface area contributed by atoms with E-state index in [4.69, 9.17) is 24.2 Å². The fourth-order valence-electron chi connectivity index (χ4n) is 6.02. The minimum absolute atomic E-state index is 0.131. The highest BCUT2D eigenvalue weighted by atomic mass is 17.1. The summed E-state index contributed by atoms with van der Waals surface area (Å²) in [5.41, 5.74) is -7.03. The van der Waals surface area contributed by atoms with Crippen molar-refractivity contribution in [3.05, 3.63) is 48.1 Å². The lowest BCUT2D eigenvalue weighted by Crippen LogP contribution is -2.60. The van der Waals surface area contributed by atoms with Gasteiger partial charge in [0.2, 0.25) is 0 Å². The number of Topliss-reactive ketones (excluding diaryl/α,β-unsaturated/α-hetero) is 1. The van der Waals surface area contributed by atoms with E-state index >= 15 is 0 Å². The van der Waals surface area contributed by atoms with Crippen molar-refractivity contribution in [3.63, 3.8) is 0 Å². The summed E-state index contributed by atoms with van der Waals surface area (Å²) in [4.78, 5) is 69.6. The van der Waals surface area contributed by atoms with Crippen LogP contribution in [0.25, 0.3) is 0 Å². The average Bonchev–Trinajstić information content (AvgIpc) is 3.26. The molecule has 0 heterocycles. The van der Waals surface area contributed by atoms with Crippen LogP contribution in [-0.2, 0) is 47.8 Å². The van der Waals surface area contributed by atoms with Crippen LogP contribution in [0.3, 0.4) is 0 Å². The summed E-state index contributed by atoms with van der Waals surface area (Å²) in [6.07, 6.45) is -6.33. The summed E-state index contributed by atoms with van der Waals surface area (Å²) in [7, 11) is 0. The number of fused-ring (bicyclic) bond motifs is 1. The van der Waals surface area contributed by atoms with E-state index in [0.29, 0.717) is 0 Å². The Kier molecular flexibility index (Phi) is 12.9. The molecule has 0 aliphatic heterocycles. The second-order valence-corrected chi connectivity index (χ2v) is 13.3. The monoisotopic (exact) mass is 680 g/mol. The molecule has 0 spiro atoms. The first-order valence-electron chi connectivity index (χ1n) is 15.4. The fourth-order valence-corrected chi connectivity index (χ4v) is 6.02. The molecule has 0 amide bonds. The summed E-state index contributed by atoms with van der Waals surface area (Å²) < 4.78 is 22.6. The van der Waals surface area contributed by atoms with Gasteiger partial charge >= 0.3 is 23.9 Å². The molecule has 2 aliphatic rings. The largest absolute Gasteiger partial charge is 0.458 e. The van der Waals surface area contributed by atoms with E-state index in [1.807, 2.05) is 0 Å². The Hall–Kier alpha value is -3.69. The highest BCUT2D eigenvalue weighted by Crippen LogP contribution is 2.49. The Morgan fingerprint density at radius 2 is 1.50 bits per heavy atom. The molecule has 0 radical (unpaired) electrons. The van der Waals surface area contributed by atoms with Gasteiger partial charge in [0.1, 0.15) is 41.7 Å². The lowest BCUT2D eigenvalue weighted by atomic mass is 9.71. The van der Waals surface area contributed by atoms with Crippen LogP contribution in [0.5, 0.6) is 0 Å². The lowest BCUT2D eigenvalue weighted by molar-refractivity contribution is -0.264. The molecule has 0 aromatic carbocycles. The molecule has 0 bridgehead atoms. The Labute approximate surface area is 279 Å². The Bertz CT molecular complexity index is 1370. The van der Waals surface area contributed by atoms with Gasteiger partial charge in [-0.05, 0) is 51.7 Å². The topological polar surface area (TPSA) is 212 Å². The van der Waals surface area contributed by atoms with Gasteiger partial charge in [0.25, 0.3) is 0 Å². The number of hydrogen-bond donors (Lipinski definition) is 4. The first kappa shape index (κ1) is 40.5. The molecule has 0 aromatic rings. The second-order valence-electron chi connectivity index (χ2n) is 13.3. The molecule has 0 saturated heterocycles. The quantitative estimate of drug-likeness (QED) is 0.0724. The number of carbonyl (C=O) groups excluding carboxylic acids is 5. The van der Waals surface area contributed by atoms with Crippen molar-refractivity contribution in [1.82, 2.24) is 0 Å². The number of rotatable bonds is 8. The third-order valence-electron chi connectivity index (χ3n) is 8.94. The van der Waals surface area contributed by atoms with Crippen LogP contribution in [0.15, 0.2) is 48.1 Å². The SMILES string of the molecule is C=C(C(=O)OC1C(C)CC2(O)C(=O)C(C)(O)C=CC(C)(C)C(OC(C)=O)C(OC(=O)C(C)=CC)C(O)C(=C)C(OC(C)=O)C12)C(C)OO. The van der Waals surface area contributed by atoms with Crippen LogP contribution in [0.1, 0.15) is 68.7 Å². The van der Waals surface area contributed by atoms with E-state index in [9.17, 15) is 39.3 Å². The first-order valence-corrected chi connectivity index (χ1v) is 15.4. The molecule has 268 valence electrons. The van der Waals surface area contributed by atoms with Gasteiger partial charge in [0.15, 0.2) is 11.9 Å². The smallest absolute Gasteiger partial charge is 0.336 e. The summed E-state index contributed by atoms with van der Waals surface area (Å²) in [5.74, 6) is -7.53. The van der Waals surface area contributed by atoms with E-state index in [2.05, 4.69) is 18.0 Å². The zero-order valence-electron chi connectivity index (χ0n) is 28.8. The molecule has 10 atom stereocenters. The molecule has 10 unspecified atom stereocenters. The van der Waals surface area contributed by atoms with Crippen molar-refractivity contribution in [1.29, 1.82) is 0 Å². The number of ketones is 1.